The molecule has 16 heavy (non-hydrogen) atoms. The molecule has 0 aliphatic carbocycles. The van der Waals surface area contributed by atoms with Crippen LogP contribution in [0.2, 0.25) is 0 Å². The first-order valence-corrected chi connectivity index (χ1v) is 5.42. The molecule has 0 saturated carbocycles. The third-order valence-corrected chi connectivity index (χ3v) is 3.05. The van der Waals surface area contributed by atoms with Gasteiger partial charge < -0.3 is 14.2 Å². The van der Waals surface area contributed by atoms with E-state index in [2.05, 4.69) is 13.8 Å². The van der Waals surface area contributed by atoms with Crippen molar-refractivity contribution >= 4 is 0 Å². The fourth-order valence-corrected chi connectivity index (χ4v) is 2.05. The largest absolute Gasteiger partial charge is 0.497 e. The van der Waals surface area contributed by atoms with E-state index in [1.165, 1.54) is 0 Å². The maximum Gasteiger partial charge on any atom is 0.128 e. The van der Waals surface area contributed by atoms with Crippen molar-refractivity contribution in [3.05, 3.63) is 23.8 Å². The van der Waals surface area contributed by atoms with Crippen molar-refractivity contribution in [2.45, 2.75) is 20.0 Å². The Bertz CT molecular complexity index is 385. The monoisotopic (exact) mass is 222 g/mol. The molecule has 1 saturated heterocycles. The van der Waals surface area contributed by atoms with Crippen molar-refractivity contribution in [2.24, 2.45) is 5.41 Å². The molecule has 1 aromatic carbocycles. The predicted octanol–water partition coefficient (Wildman–Crippen LogP) is 2.80. The molecule has 1 unspecified atom stereocenters. The Morgan fingerprint density at radius 1 is 1.25 bits per heavy atom. The molecule has 0 N–H and O–H groups in total. The third-order valence-electron chi connectivity index (χ3n) is 3.05. The van der Waals surface area contributed by atoms with Crippen LogP contribution in [0.3, 0.4) is 0 Å². The van der Waals surface area contributed by atoms with Crippen LogP contribution in [0.1, 0.15) is 25.5 Å². The van der Waals surface area contributed by atoms with Gasteiger partial charge in [0.15, 0.2) is 0 Å². The first-order valence-electron chi connectivity index (χ1n) is 5.42. The molecule has 1 aliphatic heterocycles. The highest BCUT2D eigenvalue weighted by molar-refractivity contribution is 5.43. The Hall–Kier alpha value is -1.22. The molecule has 1 atom stereocenters. The normalized spacial score (nSPS) is 22.4. The fraction of sp³-hybridized carbons (Fsp3) is 0.538. The Kier molecular flexibility index (Phi) is 2.80. The average molecular weight is 222 g/mol. The van der Waals surface area contributed by atoms with E-state index in [0.717, 1.165) is 23.7 Å². The van der Waals surface area contributed by atoms with Gasteiger partial charge in [0.2, 0.25) is 0 Å². The van der Waals surface area contributed by atoms with Gasteiger partial charge in [-0.25, -0.2) is 0 Å². The summed E-state index contributed by atoms with van der Waals surface area (Å²) in [6.07, 6.45) is 0.119. The second-order valence-corrected chi connectivity index (χ2v) is 4.79. The van der Waals surface area contributed by atoms with E-state index >= 15 is 0 Å². The summed E-state index contributed by atoms with van der Waals surface area (Å²) in [6, 6.07) is 5.85. The maximum absolute atomic E-state index is 5.63. The summed E-state index contributed by atoms with van der Waals surface area (Å²) in [4.78, 5) is 0. The van der Waals surface area contributed by atoms with Crippen LogP contribution < -0.4 is 9.47 Å². The van der Waals surface area contributed by atoms with Gasteiger partial charge in [0.25, 0.3) is 0 Å². The number of rotatable bonds is 3. The smallest absolute Gasteiger partial charge is 0.128 e. The fourth-order valence-electron chi connectivity index (χ4n) is 2.05. The maximum atomic E-state index is 5.63. The van der Waals surface area contributed by atoms with Gasteiger partial charge in [-0.3, -0.25) is 0 Å². The van der Waals surface area contributed by atoms with Gasteiger partial charge in [-0.2, -0.15) is 0 Å². The highest BCUT2D eigenvalue weighted by atomic mass is 16.5. The molecule has 1 aliphatic rings. The van der Waals surface area contributed by atoms with Crippen LogP contribution in [0.15, 0.2) is 18.2 Å². The van der Waals surface area contributed by atoms with Crippen LogP contribution >= 0.6 is 0 Å². The van der Waals surface area contributed by atoms with Crippen LogP contribution in [0.25, 0.3) is 0 Å². The summed E-state index contributed by atoms with van der Waals surface area (Å²) in [5.74, 6) is 1.63. The zero-order chi connectivity index (χ0) is 11.8. The number of ether oxygens (including phenoxy) is 3. The van der Waals surface area contributed by atoms with Crippen molar-refractivity contribution in [1.29, 1.82) is 0 Å². The first-order chi connectivity index (χ1) is 7.58. The van der Waals surface area contributed by atoms with Crippen LogP contribution in [0.4, 0.5) is 0 Å². The molecule has 0 amide bonds. The van der Waals surface area contributed by atoms with Crippen LogP contribution in [-0.2, 0) is 4.74 Å². The molecule has 0 bridgehead atoms. The number of benzene rings is 1. The van der Waals surface area contributed by atoms with Gasteiger partial charge in [0, 0.05) is 17.0 Å². The number of methoxy groups -OCH3 is 2. The lowest BCUT2D eigenvalue weighted by Crippen LogP contribution is -2.40. The lowest BCUT2D eigenvalue weighted by atomic mass is 9.78. The molecule has 3 nitrogen and oxygen atoms in total. The Morgan fingerprint density at radius 2 is 2.00 bits per heavy atom. The van der Waals surface area contributed by atoms with Crippen LogP contribution in [-0.4, -0.2) is 20.8 Å². The first kappa shape index (κ1) is 11.3. The topological polar surface area (TPSA) is 27.7 Å². The van der Waals surface area contributed by atoms with E-state index in [1.54, 1.807) is 14.2 Å². The second kappa shape index (κ2) is 3.98. The van der Waals surface area contributed by atoms with E-state index in [9.17, 15) is 0 Å². The van der Waals surface area contributed by atoms with Crippen molar-refractivity contribution < 1.29 is 14.2 Å². The molecule has 2 rings (SSSR count). The highest BCUT2D eigenvalue weighted by Gasteiger charge is 2.42. The lowest BCUT2D eigenvalue weighted by molar-refractivity contribution is -0.172. The molecule has 1 heterocycles. The van der Waals surface area contributed by atoms with E-state index in [-0.39, 0.29) is 11.5 Å². The summed E-state index contributed by atoms with van der Waals surface area (Å²) in [5, 5.41) is 0. The molecule has 0 radical (unpaired) electrons. The number of hydrogen-bond donors (Lipinski definition) is 0. The van der Waals surface area contributed by atoms with Gasteiger partial charge in [-0.05, 0) is 12.1 Å². The Balaban J connectivity index is 2.34. The molecular formula is C13H18O3. The molecule has 88 valence electrons. The SMILES string of the molecule is COc1ccc(C2OCC2(C)C)c(OC)c1. The Labute approximate surface area is 96.3 Å². The molecular weight excluding hydrogens is 204 g/mol. The summed E-state index contributed by atoms with van der Waals surface area (Å²) in [5.41, 5.74) is 1.28. The van der Waals surface area contributed by atoms with Crippen molar-refractivity contribution in [1.82, 2.24) is 0 Å². The highest BCUT2D eigenvalue weighted by Crippen LogP contribution is 2.48. The van der Waals surface area contributed by atoms with Crippen molar-refractivity contribution in [3.63, 3.8) is 0 Å². The van der Waals surface area contributed by atoms with Crippen LogP contribution in [0.5, 0.6) is 11.5 Å². The second-order valence-electron chi connectivity index (χ2n) is 4.79. The standard InChI is InChI=1S/C13H18O3/c1-13(2)8-16-12(13)10-6-5-9(14-3)7-11(10)15-4/h5-7,12H,8H2,1-4H3. The van der Waals surface area contributed by atoms with E-state index < -0.39 is 0 Å². The minimum atomic E-state index is 0.119. The Morgan fingerprint density at radius 3 is 2.44 bits per heavy atom. The van der Waals surface area contributed by atoms with Gasteiger partial charge in [0.05, 0.1) is 26.9 Å². The van der Waals surface area contributed by atoms with E-state index in [4.69, 9.17) is 14.2 Å². The quantitative estimate of drug-likeness (QED) is 0.787. The van der Waals surface area contributed by atoms with Gasteiger partial charge in [-0.1, -0.05) is 13.8 Å². The molecule has 0 aromatic heterocycles. The van der Waals surface area contributed by atoms with Crippen molar-refractivity contribution in [2.75, 3.05) is 20.8 Å². The van der Waals surface area contributed by atoms with E-state index in [1.807, 2.05) is 18.2 Å². The van der Waals surface area contributed by atoms with Gasteiger partial charge >= 0.3 is 0 Å². The zero-order valence-corrected chi connectivity index (χ0v) is 10.2. The number of hydrogen-bond acceptors (Lipinski definition) is 3. The summed E-state index contributed by atoms with van der Waals surface area (Å²) < 4.78 is 16.2. The van der Waals surface area contributed by atoms with E-state index in [0.29, 0.717) is 0 Å². The summed E-state index contributed by atoms with van der Waals surface area (Å²) in [7, 11) is 3.32. The average Bonchev–Trinajstić information content (AvgIpc) is 2.28. The molecule has 1 fully saturated rings. The van der Waals surface area contributed by atoms with Crippen LogP contribution in [0, 0.1) is 5.41 Å². The molecule has 3 heteroatoms. The minimum Gasteiger partial charge on any atom is -0.497 e. The van der Waals surface area contributed by atoms with Crippen molar-refractivity contribution in [3.8, 4) is 11.5 Å². The lowest BCUT2D eigenvalue weighted by Gasteiger charge is -2.44. The summed E-state index contributed by atoms with van der Waals surface area (Å²) >= 11 is 0. The van der Waals surface area contributed by atoms with Gasteiger partial charge in [0.1, 0.15) is 11.5 Å². The zero-order valence-electron chi connectivity index (χ0n) is 10.2. The third kappa shape index (κ3) is 1.76. The molecule has 1 aromatic rings. The molecule has 0 spiro atoms. The summed E-state index contributed by atoms with van der Waals surface area (Å²) in [6.45, 7) is 5.20. The predicted molar refractivity (Wildman–Crippen MR) is 62.0 cm³/mol. The minimum absolute atomic E-state index is 0.119. The van der Waals surface area contributed by atoms with Gasteiger partial charge in [-0.15, -0.1) is 0 Å².